The Morgan fingerprint density at radius 1 is 1.35 bits per heavy atom. The molecule has 0 saturated heterocycles. The molecule has 5 nitrogen and oxygen atoms in total. The minimum atomic E-state index is -0.633. The number of methoxy groups -OCH3 is 2. The van der Waals surface area contributed by atoms with Crippen LogP contribution in [0.15, 0.2) is 21.3 Å². The molecule has 0 bridgehead atoms. The number of fused-ring (bicyclic) bond motifs is 1. The molecule has 0 unspecified atom stereocenters. The van der Waals surface area contributed by atoms with Gasteiger partial charge in [-0.1, -0.05) is 11.6 Å². The van der Waals surface area contributed by atoms with E-state index in [-0.39, 0.29) is 22.8 Å². The van der Waals surface area contributed by atoms with Crippen LogP contribution in [0.2, 0.25) is 5.02 Å². The van der Waals surface area contributed by atoms with Crippen LogP contribution in [0.4, 0.5) is 0 Å². The van der Waals surface area contributed by atoms with Gasteiger partial charge in [-0.2, -0.15) is 0 Å². The SMILES string of the molecule is COc1cc2cc(C[C@H](C)O)c(=O)oc2c(OC)c1Cl. The minimum absolute atomic E-state index is 0.214. The van der Waals surface area contributed by atoms with Crippen molar-refractivity contribution in [2.24, 2.45) is 0 Å². The average Bonchev–Trinajstić information content (AvgIpc) is 2.39. The van der Waals surface area contributed by atoms with Crippen molar-refractivity contribution in [3.63, 3.8) is 0 Å². The topological polar surface area (TPSA) is 68.9 Å². The summed E-state index contributed by atoms with van der Waals surface area (Å²) in [4.78, 5) is 11.9. The maximum atomic E-state index is 11.9. The van der Waals surface area contributed by atoms with E-state index in [1.807, 2.05) is 0 Å². The van der Waals surface area contributed by atoms with Crippen LogP contribution in [-0.2, 0) is 6.42 Å². The van der Waals surface area contributed by atoms with Gasteiger partial charge in [-0.25, -0.2) is 4.79 Å². The van der Waals surface area contributed by atoms with Gasteiger partial charge in [0, 0.05) is 17.4 Å². The number of ether oxygens (including phenoxy) is 2. The zero-order valence-corrected chi connectivity index (χ0v) is 12.2. The second-order valence-corrected chi connectivity index (χ2v) is 4.83. The Bertz CT molecular complexity index is 690. The number of halogens is 1. The lowest BCUT2D eigenvalue weighted by atomic mass is 10.1. The van der Waals surface area contributed by atoms with Crippen molar-refractivity contribution >= 4 is 22.6 Å². The van der Waals surface area contributed by atoms with E-state index < -0.39 is 11.7 Å². The van der Waals surface area contributed by atoms with Gasteiger partial charge in [0.1, 0.15) is 10.8 Å². The van der Waals surface area contributed by atoms with Crippen molar-refractivity contribution in [1.82, 2.24) is 0 Å². The van der Waals surface area contributed by atoms with Crippen molar-refractivity contribution in [1.29, 1.82) is 0 Å². The van der Waals surface area contributed by atoms with Crippen molar-refractivity contribution in [3.8, 4) is 11.5 Å². The lowest BCUT2D eigenvalue weighted by molar-refractivity contribution is 0.194. The zero-order valence-electron chi connectivity index (χ0n) is 11.4. The first-order valence-electron chi connectivity index (χ1n) is 6.03. The number of benzene rings is 1. The lowest BCUT2D eigenvalue weighted by Crippen LogP contribution is -2.14. The lowest BCUT2D eigenvalue weighted by Gasteiger charge is -2.11. The number of rotatable bonds is 4. The molecule has 0 amide bonds. The summed E-state index contributed by atoms with van der Waals surface area (Å²) < 4.78 is 15.6. The van der Waals surface area contributed by atoms with Crippen LogP contribution in [-0.4, -0.2) is 25.4 Å². The second-order valence-electron chi connectivity index (χ2n) is 4.46. The summed E-state index contributed by atoms with van der Waals surface area (Å²) in [6, 6.07) is 3.31. The highest BCUT2D eigenvalue weighted by molar-refractivity contribution is 6.34. The fourth-order valence-electron chi connectivity index (χ4n) is 2.02. The highest BCUT2D eigenvalue weighted by atomic mass is 35.5. The van der Waals surface area contributed by atoms with Crippen LogP contribution in [0.3, 0.4) is 0 Å². The van der Waals surface area contributed by atoms with Crippen molar-refractivity contribution in [3.05, 3.63) is 33.1 Å². The molecule has 20 heavy (non-hydrogen) atoms. The fourth-order valence-corrected chi connectivity index (χ4v) is 2.32. The monoisotopic (exact) mass is 298 g/mol. The molecule has 2 rings (SSSR count). The van der Waals surface area contributed by atoms with Crippen LogP contribution in [0.5, 0.6) is 11.5 Å². The Morgan fingerprint density at radius 3 is 2.60 bits per heavy atom. The Morgan fingerprint density at radius 2 is 2.05 bits per heavy atom. The Labute approximate surface area is 120 Å². The summed E-state index contributed by atoms with van der Waals surface area (Å²) in [5, 5.41) is 10.3. The molecule has 0 aliphatic carbocycles. The normalized spacial score (nSPS) is 12.4. The number of hydrogen-bond acceptors (Lipinski definition) is 5. The molecule has 0 aliphatic heterocycles. The molecular formula is C14H15ClO5. The molecule has 108 valence electrons. The first kappa shape index (κ1) is 14.7. The fraction of sp³-hybridized carbons (Fsp3) is 0.357. The molecular weight excluding hydrogens is 284 g/mol. The van der Waals surface area contributed by atoms with Crippen LogP contribution in [0.25, 0.3) is 11.0 Å². The quantitative estimate of drug-likeness (QED) is 0.878. The largest absolute Gasteiger partial charge is 0.495 e. The third kappa shape index (κ3) is 2.59. The smallest absolute Gasteiger partial charge is 0.339 e. The minimum Gasteiger partial charge on any atom is -0.495 e. The van der Waals surface area contributed by atoms with E-state index >= 15 is 0 Å². The van der Waals surface area contributed by atoms with Gasteiger partial charge in [0.25, 0.3) is 0 Å². The molecule has 0 saturated carbocycles. The Hall–Kier alpha value is -1.72. The first-order chi connectivity index (χ1) is 9.47. The predicted molar refractivity (Wildman–Crippen MR) is 76.0 cm³/mol. The van der Waals surface area contributed by atoms with E-state index in [9.17, 15) is 9.90 Å². The van der Waals surface area contributed by atoms with Crippen LogP contribution in [0, 0.1) is 0 Å². The van der Waals surface area contributed by atoms with Crippen LogP contribution >= 0.6 is 11.6 Å². The molecule has 1 heterocycles. The Kier molecular flexibility index (Phi) is 4.20. The molecule has 1 aromatic carbocycles. The van der Waals surface area contributed by atoms with Gasteiger partial charge in [-0.15, -0.1) is 0 Å². The van der Waals surface area contributed by atoms with Crippen molar-refractivity contribution in [2.75, 3.05) is 14.2 Å². The molecule has 6 heteroatoms. The summed E-state index contributed by atoms with van der Waals surface area (Å²) in [6.45, 7) is 1.60. The third-order valence-electron chi connectivity index (χ3n) is 2.90. The van der Waals surface area contributed by atoms with Gasteiger partial charge in [-0.05, 0) is 19.1 Å². The van der Waals surface area contributed by atoms with Crippen molar-refractivity contribution in [2.45, 2.75) is 19.4 Å². The maximum absolute atomic E-state index is 11.9. The second kappa shape index (κ2) is 5.73. The molecule has 1 atom stereocenters. The van der Waals surface area contributed by atoms with Gasteiger partial charge >= 0.3 is 5.63 Å². The summed E-state index contributed by atoms with van der Waals surface area (Å²) in [5.41, 5.74) is 0.134. The molecule has 0 spiro atoms. The Balaban J connectivity index is 2.75. The highest BCUT2D eigenvalue weighted by Gasteiger charge is 2.17. The van der Waals surface area contributed by atoms with E-state index in [0.717, 1.165) is 0 Å². The number of hydrogen-bond donors (Lipinski definition) is 1. The number of aliphatic hydroxyl groups excluding tert-OH is 1. The van der Waals surface area contributed by atoms with Crippen LogP contribution in [0.1, 0.15) is 12.5 Å². The van der Waals surface area contributed by atoms with Gasteiger partial charge in [0.2, 0.25) is 0 Å². The van der Waals surface area contributed by atoms with E-state index in [2.05, 4.69) is 0 Å². The summed E-state index contributed by atoms with van der Waals surface area (Å²) in [5.74, 6) is 0.676. The van der Waals surface area contributed by atoms with Crippen molar-refractivity contribution < 1.29 is 19.0 Å². The average molecular weight is 299 g/mol. The van der Waals surface area contributed by atoms with Gasteiger partial charge in [0.15, 0.2) is 11.3 Å². The molecule has 1 aromatic heterocycles. The third-order valence-corrected chi connectivity index (χ3v) is 3.25. The van der Waals surface area contributed by atoms with Gasteiger partial charge < -0.3 is 19.0 Å². The van der Waals surface area contributed by atoms with E-state index in [4.69, 9.17) is 25.5 Å². The summed E-state index contributed by atoms with van der Waals surface area (Å²) >= 11 is 6.11. The highest BCUT2D eigenvalue weighted by Crippen LogP contribution is 2.40. The standard InChI is InChI=1S/C14H15ClO5/c1-7(16)4-9-5-8-6-10(18-2)11(15)13(19-3)12(8)20-14(9)17/h5-7,16H,4H2,1-3H3/t7-/m0/s1. The molecule has 0 fully saturated rings. The summed E-state index contributed by atoms with van der Waals surface area (Å²) in [6.07, 6.45) is -0.419. The first-order valence-corrected chi connectivity index (χ1v) is 6.41. The maximum Gasteiger partial charge on any atom is 0.339 e. The van der Waals surface area contributed by atoms with E-state index in [0.29, 0.717) is 16.7 Å². The summed E-state index contributed by atoms with van der Waals surface area (Å²) in [7, 11) is 2.92. The van der Waals surface area contributed by atoms with E-state index in [1.54, 1.807) is 19.1 Å². The number of aliphatic hydroxyl groups is 1. The predicted octanol–water partition coefficient (Wildman–Crippen LogP) is 2.39. The molecule has 0 aliphatic rings. The molecule has 1 N–H and O–H groups in total. The van der Waals surface area contributed by atoms with Gasteiger partial charge in [0.05, 0.1) is 20.3 Å². The zero-order chi connectivity index (χ0) is 14.9. The van der Waals surface area contributed by atoms with Crippen LogP contribution < -0.4 is 15.1 Å². The van der Waals surface area contributed by atoms with Gasteiger partial charge in [-0.3, -0.25) is 0 Å². The molecule has 0 radical (unpaired) electrons. The molecule has 2 aromatic rings. The van der Waals surface area contributed by atoms with E-state index in [1.165, 1.54) is 14.2 Å².